The monoisotopic (exact) mass is 181 g/mol. The van der Waals surface area contributed by atoms with Gasteiger partial charge >= 0.3 is 0 Å². The number of nitrogen functional groups attached to an aromatic ring is 1. The molecule has 13 heavy (non-hydrogen) atoms. The van der Waals surface area contributed by atoms with Gasteiger partial charge in [0.2, 0.25) is 0 Å². The van der Waals surface area contributed by atoms with Gasteiger partial charge in [-0.05, 0) is 0 Å². The summed E-state index contributed by atoms with van der Waals surface area (Å²) >= 11 is 0. The second-order valence-corrected chi connectivity index (χ2v) is 2.54. The molecule has 0 fully saturated rings. The summed E-state index contributed by atoms with van der Waals surface area (Å²) in [6.45, 7) is -2.37. The largest absolute Gasteiger partial charge is 0.491 e. The smallest absolute Gasteiger partial charge is 0.186 e. The van der Waals surface area contributed by atoms with Crippen molar-refractivity contribution in [3.05, 3.63) is 12.4 Å². The number of nitrogens with zero attached hydrogens (tertiary/aromatic N) is 3. The second kappa shape index (κ2) is 2.62. The molecule has 0 bridgehead atoms. The lowest BCUT2D eigenvalue weighted by Crippen LogP contribution is -1.99. The zero-order valence-electron chi connectivity index (χ0n) is 9.98. The van der Waals surface area contributed by atoms with Gasteiger partial charge in [-0.25, -0.2) is 4.98 Å². The van der Waals surface area contributed by atoms with E-state index in [9.17, 15) is 0 Å². The van der Waals surface area contributed by atoms with E-state index in [-0.39, 0.29) is 11.6 Å². The van der Waals surface area contributed by atoms with Crippen molar-refractivity contribution < 1.29 is 8.85 Å². The van der Waals surface area contributed by atoms with E-state index < -0.39 is 6.98 Å². The van der Waals surface area contributed by atoms with Gasteiger partial charge in [-0.15, -0.1) is 0 Å². The minimum absolute atomic E-state index is 0.140. The highest BCUT2D eigenvalue weighted by Gasteiger charge is 2.10. The molecule has 0 saturated heterocycles. The molecule has 2 aromatic heterocycles. The number of hydrogen-bond acceptors (Lipinski definition) is 4. The van der Waals surface area contributed by atoms with Gasteiger partial charge in [0, 0.05) is 22.7 Å². The van der Waals surface area contributed by atoms with Crippen LogP contribution in [-0.4, -0.2) is 21.9 Å². The second-order valence-electron chi connectivity index (χ2n) is 2.54. The molecule has 2 heterocycles. The molecule has 2 aromatic rings. The Morgan fingerprint density at radius 2 is 2.46 bits per heavy atom. The minimum Gasteiger partial charge on any atom is -0.491 e. The van der Waals surface area contributed by atoms with Crippen LogP contribution in [0.5, 0.6) is 5.75 Å². The Balaban J connectivity index is 2.83. The van der Waals surface area contributed by atoms with Crippen molar-refractivity contribution in [2.75, 3.05) is 12.8 Å². The van der Waals surface area contributed by atoms with Crippen molar-refractivity contribution in [1.29, 1.82) is 0 Å². The van der Waals surface area contributed by atoms with Gasteiger partial charge in [0.15, 0.2) is 11.6 Å². The molecule has 0 aliphatic carbocycles. The molecule has 0 aliphatic rings. The van der Waals surface area contributed by atoms with Crippen molar-refractivity contribution in [1.82, 2.24) is 14.8 Å². The van der Waals surface area contributed by atoms with Crippen LogP contribution in [0.3, 0.4) is 0 Å². The van der Waals surface area contributed by atoms with Crippen molar-refractivity contribution in [3.8, 4) is 5.75 Å². The Morgan fingerprint density at radius 1 is 1.62 bits per heavy atom. The maximum absolute atomic E-state index is 7.33. The SMILES string of the molecule is [2H]C([2H])([2H])n1ncc2cnc(N)c(OC)c21. The number of nitrogens with two attached hydrogens (primary N) is 1. The summed E-state index contributed by atoms with van der Waals surface area (Å²) < 4.78 is 27.9. The lowest BCUT2D eigenvalue weighted by molar-refractivity contribution is 0.418. The molecule has 0 atom stereocenters. The third kappa shape index (κ3) is 1.00. The topological polar surface area (TPSA) is 66.0 Å². The van der Waals surface area contributed by atoms with Crippen LogP contribution in [-0.2, 0) is 6.98 Å². The number of aromatic nitrogens is 3. The number of ether oxygens (including phenoxy) is 1. The predicted molar refractivity (Wildman–Crippen MR) is 49.5 cm³/mol. The first-order valence-electron chi connectivity index (χ1n) is 5.12. The first-order valence-corrected chi connectivity index (χ1v) is 3.62. The Labute approximate surface area is 79.3 Å². The molecule has 0 amide bonds. The zero-order valence-corrected chi connectivity index (χ0v) is 6.98. The quantitative estimate of drug-likeness (QED) is 0.698. The highest BCUT2D eigenvalue weighted by molar-refractivity contribution is 5.87. The summed E-state index contributed by atoms with van der Waals surface area (Å²) in [5.74, 6) is 0.368. The predicted octanol–water partition coefficient (Wildman–Crippen LogP) is 0.559. The number of anilines is 1. The summed E-state index contributed by atoms with van der Waals surface area (Å²) in [5, 5.41) is 4.37. The molecule has 5 nitrogen and oxygen atoms in total. The van der Waals surface area contributed by atoms with E-state index in [4.69, 9.17) is 14.6 Å². The van der Waals surface area contributed by atoms with Crippen LogP contribution in [0.15, 0.2) is 12.4 Å². The Morgan fingerprint density at radius 3 is 3.15 bits per heavy atom. The van der Waals surface area contributed by atoms with Crippen LogP contribution in [0.25, 0.3) is 10.9 Å². The van der Waals surface area contributed by atoms with Gasteiger partial charge in [-0.1, -0.05) is 0 Å². The van der Waals surface area contributed by atoms with E-state index in [1.165, 1.54) is 19.5 Å². The first-order chi connectivity index (χ1) is 7.45. The standard InChI is InChI=1S/C8H10N4O/c1-12-6-5(4-11-12)3-10-8(9)7(6)13-2/h3-4H,1-2H3,(H2,9,10)/i1D3. The number of fused-ring (bicyclic) bond motifs is 1. The van der Waals surface area contributed by atoms with E-state index in [1.807, 2.05) is 0 Å². The number of hydrogen-bond donors (Lipinski definition) is 1. The molecule has 0 aromatic carbocycles. The molecular weight excluding hydrogens is 168 g/mol. The van der Waals surface area contributed by atoms with Crippen LogP contribution in [0.2, 0.25) is 0 Å². The van der Waals surface area contributed by atoms with Gasteiger partial charge in [0.25, 0.3) is 0 Å². The van der Waals surface area contributed by atoms with Crippen LogP contribution in [0.4, 0.5) is 5.82 Å². The van der Waals surface area contributed by atoms with Crippen molar-refractivity contribution >= 4 is 16.7 Å². The van der Waals surface area contributed by atoms with Crippen LogP contribution in [0.1, 0.15) is 4.11 Å². The van der Waals surface area contributed by atoms with Gasteiger partial charge in [0.1, 0.15) is 5.52 Å². The van der Waals surface area contributed by atoms with E-state index in [2.05, 4.69) is 10.1 Å². The maximum atomic E-state index is 7.33. The van der Waals surface area contributed by atoms with Gasteiger partial charge in [-0.3, -0.25) is 4.68 Å². The van der Waals surface area contributed by atoms with E-state index in [0.717, 1.165) is 4.68 Å². The van der Waals surface area contributed by atoms with Gasteiger partial charge in [0.05, 0.1) is 13.3 Å². The summed E-state index contributed by atoms with van der Waals surface area (Å²) in [5.41, 5.74) is 5.94. The lowest BCUT2D eigenvalue weighted by Gasteiger charge is -2.05. The summed E-state index contributed by atoms with van der Waals surface area (Å²) in [7, 11) is 1.41. The van der Waals surface area contributed by atoms with Crippen LogP contribution >= 0.6 is 0 Å². The fourth-order valence-electron chi connectivity index (χ4n) is 1.20. The van der Waals surface area contributed by atoms with Crippen molar-refractivity contribution in [3.63, 3.8) is 0 Å². The molecule has 0 radical (unpaired) electrons. The molecule has 2 rings (SSSR count). The number of rotatable bonds is 1. The number of aryl methyl sites for hydroxylation is 1. The molecular formula is C8H10N4O. The van der Waals surface area contributed by atoms with Crippen LogP contribution in [0, 0.1) is 0 Å². The van der Waals surface area contributed by atoms with Crippen molar-refractivity contribution in [2.45, 2.75) is 0 Å². The summed E-state index contributed by atoms with van der Waals surface area (Å²) in [6, 6.07) is 0. The molecule has 0 saturated carbocycles. The van der Waals surface area contributed by atoms with Crippen molar-refractivity contribution in [2.24, 2.45) is 6.98 Å². The molecule has 5 heteroatoms. The van der Waals surface area contributed by atoms with E-state index in [0.29, 0.717) is 10.9 Å². The average Bonchev–Trinajstić information content (AvgIpc) is 2.60. The van der Waals surface area contributed by atoms with Gasteiger partial charge < -0.3 is 10.5 Å². The molecule has 0 spiro atoms. The van der Waals surface area contributed by atoms with E-state index >= 15 is 0 Å². The number of pyridine rings is 1. The fourth-order valence-corrected chi connectivity index (χ4v) is 1.20. The molecule has 68 valence electrons. The normalized spacial score (nSPS) is 15.0. The van der Waals surface area contributed by atoms with Gasteiger partial charge in [-0.2, -0.15) is 5.10 Å². The number of methoxy groups -OCH3 is 1. The van der Waals surface area contributed by atoms with E-state index in [1.54, 1.807) is 0 Å². The highest BCUT2D eigenvalue weighted by Crippen LogP contribution is 2.28. The highest BCUT2D eigenvalue weighted by atomic mass is 16.5. The third-order valence-corrected chi connectivity index (χ3v) is 1.79. The Hall–Kier alpha value is -1.78. The zero-order chi connectivity index (χ0) is 11.9. The molecule has 2 N–H and O–H groups in total. The maximum Gasteiger partial charge on any atom is 0.186 e. The fraction of sp³-hybridized carbons (Fsp3) is 0.250. The average molecular weight is 181 g/mol. The first kappa shape index (κ1) is 5.06. The minimum atomic E-state index is -2.37. The molecule has 0 aliphatic heterocycles. The Bertz CT molecular complexity index is 534. The molecule has 0 unspecified atom stereocenters. The van der Waals surface area contributed by atoms with Crippen LogP contribution < -0.4 is 10.5 Å². The summed E-state index contributed by atoms with van der Waals surface area (Å²) in [4.78, 5) is 3.89. The third-order valence-electron chi connectivity index (χ3n) is 1.79. The Kier molecular flexibility index (Phi) is 1.02. The lowest BCUT2D eigenvalue weighted by atomic mass is 10.3. The summed E-state index contributed by atoms with van der Waals surface area (Å²) in [6.07, 6.45) is 2.87.